The third-order valence-corrected chi connectivity index (χ3v) is 3.21. The molecule has 2 aromatic rings. The second-order valence-corrected chi connectivity index (χ2v) is 4.98. The second kappa shape index (κ2) is 8.38. The van der Waals surface area contributed by atoms with Gasteiger partial charge in [-0.3, -0.25) is 0 Å². The Kier molecular flexibility index (Phi) is 5.96. The van der Waals surface area contributed by atoms with E-state index in [1.165, 1.54) is 12.4 Å². The fraction of sp³-hybridized carbons (Fsp3) is 0.111. The zero-order valence-corrected chi connectivity index (χ0v) is 13.5. The zero-order valence-electron chi connectivity index (χ0n) is 13.5. The van der Waals surface area contributed by atoms with Crippen molar-refractivity contribution in [2.24, 2.45) is 20.4 Å². The lowest BCUT2D eigenvalue weighted by molar-refractivity contribution is 0.474. The summed E-state index contributed by atoms with van der Waals surface area (Å²) in [4.78, 5) is 0. The Morgan fingerprint density at radius 3 is 1.46 bits per heavy atom. The van der Waals surface area contributed by atoms with Crippen molar-refractivity contribution in [1.29, 1.82) is 0 Å². The molecule has 2 N–H and O–H groups in total. The molecule has 0 spiro atoms. The van der Waals surface area contributed by atoms with Crippen LogP contribution in [0.5, 0.6) is 11.5 Å². The van der Waals surface area contributed by atoms with Gasteiger partial charge in [-0.05, 0) is 38.1 Å². The maximum absolute atomic E-state index is 9.63. The largest absolute Gasteiger partial charge is 0.507 e. The van der Waals surface area contributed by atoms with E-state index in [2.05, 4.69) is 20.4 Å². The first-order valence-corrected chi connectivity index (χ1v) is 7.29. The molecule has 0 unspecified atom stereocenters. The van der Waals surface area contributed by atoms with E-state index in [9.17, 15) is 10.2 Å². The average molecular weight is 322 g/mol. The number of hydrogen-bond donors (Lipinski definition) is 2. The van der Waals surface area contributed by atoms with Gasteiger partial charge in [0.15, 0.2) is 0 Å². The summed E-state index contributed by atoms with van der Waals surface area (Å²) in [6.45, 7) is 3.52. The Morgan fingerprint density at radius 2 is 1.08 bits per heavy atom. The summed E-state index contributed by atoms with van der Waals surface area (Å²) in [6.07, 6.45) is 2.94. The van der Waals surface area contributed by atoms with Crippen LogP contribution in [0.3, 0.4) is 0 Å². The molecule has 0 radical (unpaired) electrons. The minimum atomic E-state index is 0.145. The van der Waals surface area contributed by atoms with Crippen molar-refractivity contribution in [2.75, 3.05) is 0 Å². The molecule has 0 atom stereocenters. The van der Waals surface area contributed by atoms with Crippen LogP contribution in [-0.2, 0) is 0 Å². The van der Waals surface area contributed by atoms with Gasteiger partial charge in [-0.15, -0.1) is 0 Å². The van der Waals surface area contributed by atoms with Crippen LogP contribution in [0.1, 0.15) is 25.0 Å². The normalized spacial score (nSPS) is 13.1. The number of benzene rings is 2. The Bertz CT molecular complexity index is 754. The first kappa shape index (κ1) is 17.1. The first-order valence-electron chi connectivity index (χ1n) is 7.29. The van der Waals surface area contributed by atoms with Gasteiger partial charge in [0, 0.05) is 11.1 Å². The minimum Gasteiger partial charge on any atom is -0.507 e. The molecule has 0 saturated heterocycles. The van der Waals surface area contributed by atoms with Gasteiger partial charge in [0.2, 0.25) is 0 Å². The van der Waals surface area contributed by atoms with Crippen LogP contribution in [-0.4, -0.2) is 34.1 Å². The number of nitrogens with zero attached hydrogens (tertiary/aromatic N) is 4. The van der Waals surface area contributed by atoms with Crippen molar-refractivity contribution in [3.8, 4) is 11.5 Å². The molecular formula is C18H18N4O2. The van der Waals surface area contributed by atoms with Crippen molar-refractivity contribution in [3.63, 3.8) is 0 Å². The molecule has 0 aromatic heterocycles. The zero-order chi connectivity index (χ0) is 17.4. The van der Waals surface area contributed by atoms with E-state index in [4.69, 9.17) is 0 Å². The van der Waals surface area contributed by atoms with Gasteiger partial charge in [0.1, 0.15) is 11.5 Å². The lowest BCUT2D eigenvalue weighted by atomic mass is 10.2. The molecule has 0 aliphatic rings. The highest BCUT2D eigenvalue weighted by Crippen LogP contribution is 2.13. The molecule has 0 aliphatic carbocycles. The predicted octanol–water partition coefficient (Wildman–Crippen LogP) is 3.39. The highest BCUT2D eigenvalue weighted by Gasteiger charge is 1.98. The van der Waals surface area contributed by atoms with E-state index < -0.39 is 0 Å². The summed E-state index contributed by atoms with van der Waals surface area (Å²) in [5.74, 6) is 0.290. The summed E-state index contributed by atoms with van der Waals surface area (Å²) in [5.41, 5.74) is 2.36. The molecule has 0 bridgehead atoms. The summed E-state index contributed by atoms with van der Waals surface area (Å²) < 4.78 is 0. The van der Waals surface area contributed by atoms with E-state index >= 15 is 0 Å². The van der Waals surface area contributed by atoms with Gasteiger partial charge >= 0.3 is 0 Å². The van der Waals surface area contributed by atoms with Crippen molar-refractivity contribution in [2.45, 2.75) is 13.8 Å². The number of hydrogen-bond acceptors (Lipinski definition) is 6. The average Bonchev–Trinajstić information content (AvgIpc) is 2.58. The van der Waals surface area contributed by atoms with Crippen LogP contribution in [0.4, 0.5) is 0 Å². The van der Waals surface area contributed by atoms with E-state index in [-0.39, 0.29) is 11.5 Å². The van der Waals surface area contributed by atoms with Gasteiger partial charge in [0.05, 0.1) is 23.9 Å². The van der Waals surface area contributed by atoms with Crippen molar-refractivity contribution in [1.82, 2.24) is 0 Å². The Hall–Kier alpha value is -3.28. The Labute approximate surface area is 140 Å². The minimum absolute atomic E-state index is 0.145. The van der Waals surface area contributed by atoms with Crippen LogP contribution < -0.4 is 0 Å². The molecule has 0 aliphatic heterocycles. The first-order chi connectivity index (χ1) is 11.6. The maximum Gasteiger partial charge on any atom is 0.124 e. The van der Waals surface area contributed by atoms with Crippen LogP contribution in [0.25, 0.3) is 0 Å². The van der Waals surface area contributed by atoms with E-state index in [0.29, 0.717) is 22.6 Å². The summed E-state index contributed by atoms with van der Waals surface area (Å²) in [5, 5.41) is 35.2. The lowest BCUT2D eigenvalue weighted by Crippen LogP contribution is -2.04. The van der Waals surface area contributed by atoms with Crippen molar-refractivity contribution in [3.05, 3.63) is 59.7 Å². The van der Waals surface area contributed by atoms with E-state index in [0.717, 1.165) is 0 Å². The number of aromatic hydroxyl groups is 2. The molecule has 0 heterocycles. The summed E-state index contributed by atoms with van der Waals surface area (Å²) in [6, 6.07) is 13.7. The van der Waals surface area contributed by atoms with Gasteiger partial charge in [-0.2, -0.15) is 20.4 Å². The van der Waals surface area contributed by atoms with E-state index in [1.807, 2.05) is 0 Å². The summed E-state index contributed by atoms with van der Waals surface area (Å²) >= 11 is 0. The van der Waals surface area contributed by atoms with Crippen LogP contribution >= 0.6 is 0 Å². The fourth-order valence-corrected chi connectivity index (χ4v) is 1.69. The van der Waals surface area contributed by atoms with Crippen molar-refractivity contribution < 1.29 is 10.2 Å². The molecule has 6 heteroatoms. The number of para-hydroxylation sites is 2. The van der Waals surface area contributed by atoms with E-state index in [1.54, 1.807) is 62.4 Å². The van der Waals surface area contributed by atoms with Crippen LogP contribution in [0.15, 0.2) is 68.9 Å². The quantitative estimate of drug-likeness (QED) is 0.652. The number of phenols is 2. The van der Waals surface area contributed by atoms with Gasteiger partial charge in [-0.25, -0.2) is 0 Å². The van der Waals surface area contributed by atoms with Crippen molar-refractivity contribution >= 4 is 23.9 Å². The van der Waals surface area contributed by atoms with Crippen LogP contribution in [0, 0.1) is 0 Å². The molecular weight excluding hydrogens is 304 g/mol. The molecule has 0 fully saturated rings. The number of phenolic OH excluding ortho intramolecular Hbond substituents is 2. The predicted molar refractivity (Wildman–Crippen MR) is 97.6 cm³/mol. The monoisotopic (exact) mass is 322 g/mol. The second-order valence-electron chi connectivity index (χ2n) is 4.98. The SMILES string of the molecule is CC(=N/N=C/c1ccccc1O)/C(C)=N/N=C/c1ccccc1O. The molecule has 2 aromatic carbocycles. The fourth-order valence-electron chi connectivity index (χ4n) is 1.69. The Morgan fingerprint density at radius 1 is 0.708 bits per heavy atom. The highest BCUT2D eigenvalue weighted by molar-refractivity contribution is 6.40. The number of rotatable bonds is 5. The molecule has 6 nitrogen and oxygen atoms in total. The molecule has 122 valence electrons. The van der Waals surface area contributed by atoms with Gasteiger partial charge < -0.3 is 10.2 Å². The maximum atomic E-state index is 9.63. The molecule has 24 heavy (non-hydrogen) atoms. The highest BCUT2D eigenvalue weighted by atomic mass is 16.3. The third-order valence-electron chi connectivity index (χ3n) is 3.21. The van der Waals surface area contributed by atoms with Gasteiger partial charge in [0.25, 0.3) is 0 Å². The third kappa shape index (κ3) is 4.88. The smallest absolute Gasteiger partial charge is 0.124 e. The topological polar surface area (TPSA) is 89.9 Å². The standard InChI is InChI=1S/C18H18N4O2/c1-13(21-19-11-15-7-3-5-9-17(15)23)14(2)22-20-12-16-8-4-6-10-18(16)24/h3-12,23-24H,1-2H3/b19-11+,20-12+,21-13-,22-14+. The van der Waals surface area contributed by atoms with Gasteiger partial charge in [-0.1, -0.05) is 24.3 Å². The van der Waals surface area contributed by atoms with Crippen LogP contribution in [0.2, 0.25) is 0 Å². The molecule has 0 saturated carbocycles. The molecule has 2 rings (SSSR count). The lowest BCUT2D eigenvalue weighted by Gasteiger charge is -1.97. The molecule has 0 amide bonds. The summed E-state index contributed by atoms with van der Waals surface area (Å²) in [7, 11) is 0. The Balaban J connectivity index is 2.04.